The van der Waals surface area contributed by atoms with Crippen LogP contribution in [0.2, 0.25) is 0 Å². The van der Waals surface area contributed by atoms with Gasteiger partial charge < -0.3 is 4.98 Å². The molecule has 4 aromatic heterocycles. The van der Waals surface area contributed by atoms with Crippen molar-refractivity contribution in [3.63, 3.8) is 0 Å². The molecule has 0 radical (unpaired) electrons. The minimum absolute atomic E-state index is 0.593. The largest absolute Gasteiger partial charge is 0.361 e. The zero-order valence-electron chi connectivity index (χ0n) is 8.02. The van der Waals surface area contributed by atoms with Crippen molar-refractivity contribution in [2.75, 3.05) is 0 Å². The Morgan fingerprint density at radius 3 is 2.62 bits per heavy atom. The van der Waals surface area contributed by atoms with Crippen LogP contribution >= 0.6 is 0 Å². The minimum Gasteiger partial charge on any atom is -0.361 e. The van der Waals surface area contributed by atoms with Crippen LogP contribution in [0.5, 0.6) is 0 Å². The standard InChI is InChI=1S/C9H5N7/c1-3-12-8-6(10-1)5-15-14-7-9(16(8)15)13-4-2-11-7/h1-5H. The van der Waals surface area contributed by atoms with Crippen LogP contribution in [0.1, 0.15) is 0 Å². The monoisotopic (exact) mass is 211 g/mol. The maximum atomic E-state index is 4.28. The van der Waals surface area contributed by atoms with Crippen molar-refractivity contribution >= 4 is 22.5 Å². The molecule has 0 unspecified atom stereocenters. The van der Waals surface area contributed by atoms with Crippen molar-refractivity contribution < 1.29 is 4.63 Å². The van der Waals surface area contributed by atoms with Crippen molar-refractivity contribution in [2.45, 2.75) is 0 Å². The SMILES string of the molecule is c1cnc2c(c[n+]3[n-]c4nccnc4n23)n1. The lowest BCUT2D eigenvalue weighted by Crippen LogP contribution is -2.28. The van der Waals surface area contributed by atoms with E-state index >= 15 is 0 Å². The van der Waals surface area contributed by atoms with Gasteiger partial charge in [0.05, 0.1) is 0 Å². The molecule has 0 aliphatic carbocycles. The van der Waals surface area contributed by atoms with Crippen molar-refractivity contribution in [3.8, 4) is 0 Å². The van der Waals surface area contributed by atoms with E-state index in [1.165, 1.54) is 0 Å². The van der Waals surface area contributed by atoms with Gasteiger partial charge in [0.15, 0.2) is 16.8 Å². The molecule has 0 bridgehead atoms. The third-order valence-corrected chi connectivity index (χ3v) is 2.41. The highest BCUT2D eigenvalue weighted by Gasteiger charge is 2.12. The van der Waals surface area contributed by atoms with Crippen LogP contribution in [0.3, 0.4) is 0 Å². The molecule has 4 rings (SSSR count). The summed E-state index contributed by atoms with van der Waals surface area (Å²) in [5, 5.41) is 4.28. The van der Waals surface area contributed by atoms with Gasteiger partial charge in [-0.25, -0.2) is 15.0 Å². The fourth-order valence-corrected chi connectivity index (χ4v) is 1.77. The molecule has 0 fully saturated rings. The fraction of sp³-hybridized carbons (Fsp3) is 0. The van der Waals surface area contributed by atoms with Crippen LogP contribution in [0, 0.1) is 0 Å². The van der Waals surface area contributed by atoms with Crippen LogP contribution in [0.15, 0.2) is 31.0 Å². The number of hydrogen-bond donors (Lipinski definition) is 0. The first-order valence-corrected chi connectivity index (χ1v) is 4.71. The van der Waals surface area contributed by atoms with E-state index in [9.17, 15) is 0 Å². The topological polar surface area (TPSA) is 74.2 Å². The Bertz CT molecular complexity index is 747. The van der Waals surface area contributed by atoms with E-state index < -0.39 is 0 Å². The Morgan fingerprint density at radius 2 is 1.69 bits per heavy atom. The summed E-state index contributed by atoms with van der Waals surface area (Å²) in [6.07, 6.45) is 8.34. The highest BCUT2D eigenvalue weighted by molar-refractivity contribution is 5.73. The normalized spacial score (nSPS) is 11.8. The van der Waals surface area contributed by atoms with Crippen molar-refractivity contribution in [1.29, 1.82) is 0 Å². The molecular weight excluding hydrogens is 206 g/mol. The number of aromatic nitrogens is 7. The lowest BCUT2D eigenvalue weighted by atomic mass is 10.5. The van der Waals surface area contributed by atoms with Crippen molar-refractivity contribution in [2.24, 2.45) is 0 Å². The predicted molar refractivity (Wildman–Crippen MR) is 52.6 cm³/mol. The second-order valence-corrected chi connectivity index (χ2v) is 3.33. The molecule has 7 nitrogen and oxygen atoms in total. The number of fused-ring (bicyclic) bond motifs is 5. The second kappa shape index (κ2) is 2.51. The lowest BCUT2D eigenvalue weighted by Gasteiger charge is -1.90. The lowest BCUT2D eigenvalue weighted by molar-refractivity contribution is -0.672. The maximum Gasteiger partial charge on any atom is 0.231 e. The molecule has 0 aliphatic heterocycles. The smallest absolute Gasteiger partial charge is 0.231 e. The average molecular weight is 211 g/mol. The fourth-order valence-electron chi connectivity index (χ4n) is 1.77. The average Bonchev–Trinajstić information content (AvgIpc) is 2.83. The van der Waals surface area contributed by atoms with E-state index in [1.807, 2.05) is 0 Å². The summed E-state index contributed by atoms with van der Waals surface area (Å²) in [4.78, 5) is 16.8. The highest BCUT2D eigenvalue weighted by atomic mass is 15.5. The Labute approximate surface area is 88.4 Å². The number of hydrogen-bond acceptors (Lipinski definition) is 4. The van der Waals surface area contributed by atoms with E-state index in [1.54, 1.807) is 40.1 Å². The first kappa shape index (κ1) is 7.69. The second-order valence-electron chi connectivity index (χ2n) is 3.33. The molecule has 0 atom stereocenters. The maximum absolute atomic E-state index is 4.28. The Morgan fingerprint density at radius 1 is 0.938 bits per heavy atom. The summed E-state index contributed by atoms with van der Waals surface area (Å²) < 4.78 is 3.43. The van der Waals surface area contributed by atoms with E-state index in [0.29, 0.717) is 11.3 Å². The molecule has 76 valence electrons. The van der Waals surface area contributed by atoms with Gasteiger partial charge in [-0.05, 0) is 6.20 Å². The Balaban J connectivity index is 2.38. The van der Waals surface area contributed by atoms with Crippen LogP contribution in [-0.4, -0.2) is 24.5 Å². The van der Waals surface area contributed by atoms with E-state index in [0.717, 1.165) is 11.2 Å². The van der Waals surface area contributed by atoms with Crippen LogP contribution in [0.25, 0.3) is 22.5 Å². The molecule has 16 heavy (non-hydrogen) atoms. The van der Waals surface area contributed by atoms with Crippen LogP contribution in [0.4, 0.5) is 0 Å². The molecule has 4 heterocycles. The molecule has 7 heteroatoms. The summed E-state index contributed by atoms with van der Waals surface area (Å²) in [7, 11) is 0. The minimum atomic E-state index is 0.593. The molecule has 0 amide bonds. The Hall–Kier alpha value is -2.57. The predicted octanol–water partition coefficient (Wildman–Crippen LogP) is -0.632. The van der Waals surface area contributed by atoms with Crippen LogP contribution < -0.4 is 9.73 Å². The summed E-state index contributed by atoms with van der Waals surface area (Å²) in [6.45, 7) is 0. The summed E-state index contributed by atoms with van der Waals surface area (Å²) in [5.41, 5.74) is 2.78. The third-order valence-electron chi connectivity index (χ3n) is 2.41. The molecule has 0 N–H and O–H groups in total. The Kier molecular flexibility index (Phi) is 1.21. The number of rotatable bonds is 0. The zero-order chi connectivity index (χ0) is 10.5. The molecule has 0 saturated heterocycles. The molecular formula is C9H5N7. The summed E-state index contributed by atoms with van der Waals surface area (Å²) >= 11 is 0. The molecule has 0 aromatic carbocycles. The number of nitrogens with zero attached hydrogens (tertiary/aromatic N) is 7. The van der Waals surface area contributed by atoms with Crippen molar-refractivity contribution in [3.05, 3.63) is 31.0 Å². The van der Waals surface area contributed by atoms with Crippen LogP contribution in [-0.2, 0) is 0 Å². The first-order valence-electron chi connectivity index (χ1n) is 4.71. The quantitative estimate of drug-likeness (QED) is 0.362. The van der Waals surface area contributed by atoms with Gasteiger partial charge in [-0.3, -0.25) is 0 Å². The molecule has 0 spiro atoms. The van der Waals surface area contributed by atoms with Gasteiger partial charge in [-0.2, -0.15) is 0 Å². The van der Waals surface area contributed by atoms with Gasteiger partial charge >= 0.3 is 0 Å². The van der Waals surface area contributed by atoms with Gasteiger partial charge in [0, 0.05) is 18.6 Å². The van der Waals surface area contributed by atoms with Gasteiger partial charge in [0.1, 0.15) is 5.65 Å². The van der Waals surface area contributed by atoms with Gasteiger partial charge in [-0.1, -0.05) is 4.63 Å². The van der Waals surface area contributed by atoms with Gasteiger partial charge in [-0.15, -0.1) is 9.61 Å². The summed E-state index contributed by atoms with van der Waals surface area (Å²) in [6, 6.07) is 0. The van der Waals surface area contributed by atoms with Crippen molar-refractivity contribution in [1.82, 2.24) is 29.5 Å². The molecule has 0 saturated carbocycles. The molecule has 4 aromatic rings. The van der Waals surface area contributed by atoms with E-state index in [-0.39, 0.29) is 0 Å². The zero-order valence-corrected chi connectivity index (χ0v) is 8.02. The highest BCUT2D eigenvalue weighted by Crippen LogP contribution is 2.08. The van der Waals surface area contributed by atoms with E-state index in [4.69, 9.17) is 0 Å². The van der Waals surface area contributed by atoms with Gasteiger partial charge in [0.2, 0.25) is 6.20 Å². The van der Waals surface area contributed by atoms with Gasteiger partial charge in [0.25, 0.3) is 0 Å². The third kappa shape index (κ3) is 0.800. The first-order chi connectivity index (χ1) is 7.93. The van der Waals surface area contributed by atoms with E-state index in [2.05, 4.69) is 25.0 Å². The summed E-state index contributed by atoms with van der Waals surface area (Å²) in [5.74, 6) is 0. The molecule has 0 aliphatic rings.